The SMILES string of the molecule is CCC(C)C(C)NC(=O)CCCc1c[nH]c2ccccc12. The molecule has 2 atom stereocenters. The summed E-state index contributed by atoms with van der Waals surface area (Å²) >= 11 is 0. The summed E-state index contributed by atoms with van der Waals surface area (Å²) in [4.78, 5) is 15.2. The van der Waals surface area contributed by atoms with Crippen LogP contribution in [0.15, 0.2) is 30.5 Å². The van der Waals surface area contributed by atoms with Crippen molar-refractivity contribution in [3.63, 3.8) is 0 Å². The highest BCUT2D eigenvalue weighted by atomic mass is 16.1. The molecule has 21 heavy (non-hydrogen) atoms. The van der Waals surface area contributed by atoms with E-state index in [0.29, 0.717) is 12.3 Å². The number of hydrogen-bond donors (Lipinski definition) is 2. The van der Waals surface area contributed by atoms with Crippen molar-refractivity contribution in [2.75, 3.05) is 0 Å². The molecule has 1 aromatic heterocycles. The van der Waals surface area contributed by atoms with Gasteiger partial charge in [-0.3, -0.25) is 4.79 Å². The molecule has 0 saturated heterocycles. The lowest BCUT2D eigenvalue weighted by molar-refractivity contribution is -0.122. The number of para-hydroxylation sites is 1. The fraction of sp³-hybridized carbons (Fsp3) is 0.500. The highest BCUT2D eigenvalue weighted by molar-refractivity contribution is 5.83. The normalized spacial score (nSPS) is 14.0. The van der Waals surface area contributed by atoms with E-state index in [2.05, 4.69) is 55.5 Å². The molecule has 0 spiro atoms. The fourth-order valence-corrected chi connectivity index (χ4v) is 2.60. The van der Waals surface area contributed by atoms with E-state index in [-0.39, 0.29) is 11.9 Å². The molecule has 2 rings (SSSR count). The molecule has 0 fully saturated rings. The van der Waals surface area contributed by atoms with Gasteiger partial charge in [0.15, 0.2) is 0 Å². The number of benzene rings is 1. The molecule has 114 valence electrons. The smallest absolute Gasteiger partial charge is 0.220 e. The number of H-pyrrole nitrogens is 1. The lowest BCUT2D eigenvalue weighted by Gasteiger charge is -2.19. The van der Waals surface area contributed by atoms with E-state index in [1.54, 1.807) is 0 Å². The van der Waals surface area contributed by atoms with Crippen LogP contribution in [0.4, 0.5) is 0 Å². The molecule has 0 aliphatic rings. The molecule has 3 nitrogen and oxygen atoms in total. The maximum absolute atomic E-state index is 11.9. The van der Waals surface area contributed by atoms with Crippen molar-refractivity contribution in [2.24, 2.45) is 5.92 Å². The van der Waals surface area contributed by atoms with Gasteiger partial charge in [0.1, 0.15) is 0 Å². The van der Waals surface area contributed by atoms with Gasteiger partial charge in [-0.1, -0.05) is 38.5 Å². The number of aryl methyl sites for hydroxylation is 1. The molecule has 1 heterocycles. The van der Waals surface area contributed by atoms with Crippen molar-refractivity contribution in [1.29, 1.82) is 0 Å². The molecule has 2 aromatic rings. The average molecular weight is 286 g/mol. The van der Waals surface area contributed by atoms with Gasteiger partial charge in [0, 0.05) is 29.6 Å². The van der Waals surface area contributed by atoms with E-state index in [9.17, 15) is 4.79 Å². The van der Waals surface area contributed by atoms with E-state index >= 15 is 0 Å². The van der Waals surface area contributed by atoms with Crippen LogP contribution in [0.2, 0.25) is 0 Å². The lowest BCUT2D eigenvalue weighted by Crippen LogP contribution is -2.36. The Morgan fingerprint density at radius 3 is 2.81 bits per heavy atom. The number of aromatic amines is 1. The third kappa shape index (κ3) is 4.10. The van der Waals surface area contributed by atoms with E-state index in [0.717, 1.165) is 19.3 Å². The highest BCUT2D eigenvalue weighted by Gasteiger charge is 2.13. The average Bonchev–Trinajstić information content (AvgIpc) is 2.90. The minimum absolute atomic E-state index is 0.169. The zero-order chi connectivity index (χ0) is 15.2. The van der Waals surface area contributed by atoms with Crippen molar-refractivity contribution in [3.8, 4) is 0 Å². The number of amides is 1. The monoisotopic (exact) mass is 286 g/mol. The summed E-state index contributed by atoms with van der Waals surface area (Å²) in [5.74, 6) is 0.699. The molecule has 0 bridgehead atoms. The van der Waals surface area contributed by atoms with Crippen molar-refractivity contribution in [1.82, 2.24) is 10.3 Å². The molecule has 2 N–H and O–H groups in total. The van der Waals surface area contributed by atoms with Gasteiger partial charge in [0.2, 0.25) is 5.91 Å². The Balaban J connectivity index is 1.80. The Morgan fingerprint density at radius 2 is 2.05 bits per heavy atom. The number of carbonyl (C=O) groups excluding carboxylic acids is 1. The number of aromatic nitrogens is 1. The number of hydrogen-bond acceptors (Lipinski definition) is 1. The number of rotatable bonds is 7. The van der Waals surface area contributed by atoms with Crippen LogP contribution in [0.3, 0.4) is 0 Å². The molecule has 0 saturated carbocycles. The Bertz CT molecular complexity index is 588. The topological polar surface area (TPSA) is 44.9 Å². The molecule has 1 aromatic carbocycles. The summed E-state index contributed by atoms with van der Waals surface area (Å²) in [6.07, 6.45) is 5.58. The van der Waals surface area contributed by atoms with Crippen molar-refractivity contribution >= 4 is 16.8 Å². The maximum atomic E-state index is 11.9. The predicted molar refractivity (Wildman–Crippen MR) is 88.3 cm³/mol. The third-order valence-corrected chi connectivity index (χ3v) is 4.41. The fourth-order valence-electron chi connectivity index (χ4n) is 2.60. The second-order valence-electron chi connectivity index (χ2n) is 5.95. The maximum Gasteiger partial charge on any atom is 0.220 e. The largest absolute Gasteiger partial charge is 0.361 e. The number of carbonyl (C=O) groups is 1. The number of fused-ring (bicyclic) bond motifs is 1. The van der Waals surface area contributed by atoms with Crippen molar-refractivity contribution in [2.45, 2.75) is 52.5 Å². The van der Waals surface area contributed by atoms with Gasteiger partial charge in [0.05, 0.1) is 0 Å². The molecular weight excluding hydrogens is 260 g/mol. The first-order valence-electron chi connectivity index (χ1n) is 7.96. The molecule has 0 aliphatic heterocycles. The first-order chi connectivity index (χ1) is 10.1. The van der Waals surface area contributed by atoms with Crippen LogP contribution in [0, 0.1) is 5.92 Å². The summed E-state index contributed by atoms with van der Waals surface area (Å²) in [6, 6.07) is 8.56. The Kier molecular flexibility index (Phi) is 5.43. The highest BCUT2D eigenvalue weighted by Crippen LogP contribution is 2.19. The van der Waals surface area contributed by atoms with Gasteiger partial charge in [-0.05, 0) is 37.3 Å². The van der Waals surface area contributed by atoms with Crippen LogP contribution in [0.5, 0.6) is 0 Å². The van der Waals surface area contributed by atoms with Gasteiger partial charge in [-0.2, -0.15) is 0 Å². The van der Waals surface area contributed by atoms with Gasteiger partial charge in [0.25, 0.3) is 0 Å². The molecule has 1 amide bonds. The van der Waals surface area contributed by atoms with Gasteiger partial charge in [-0.25, -0.2) is 0 Å². The predicted octanol–water partition coefficient (Wildman–Crippen LogP) is 4.04. The first-order valence-corrected chi connectivity index (χ1v) is 7.96. The molecule has 0 aliphatic carbocycles. The van der Waals surface area contributed by atoms with E-state index in [4.69, 9.17) is 0 Å². The Hall–Kier alpha value is -1.77. The van der Waals surface area contributed by atoms with Crippen LogP contribution < -0.4 is 5.32 Å². The Morgan fingerprint density at radius 1 is 1.29 bits per heavy atom. The van der Waals surface area contributed by atoms with Crippen LogP contribution in [-0.2, 0) is 11.2 Å². The van der Waals surface area contributed by atoms with E-state index in [1.165, 1.54) is 16.5 Å². The molecule has 0 radical (unpaired) electrons. The zero-order valence-electron chi connectivity index (χ0n) is 13.3. The van der Waals surface area contributed by atoms with E-state index < -0.39 is 0 Å². The lowest BCUT2D eigenvalue weighted by atomic mass is 10.0. The van der Waals surface area contributed by atoms with Crippen molar-refractivity contribution < 1.29 is 4.79 Å². The summed E-state index contributed by atoms with van der Waals surface area (Å²) in [5, 5.41) is 4.37. The summed E-state index contributed by atoms with van der Waals surface area (Å²) < 4.78 is 0. The Labute approximate surface area is 127 Å². The molecule has 2 unspecified atom stereocenters. The van der Waals surface area contributed by atoms with Crippen LogP contribution in [-0.4, -0.2) is 16.9 Å². The van der Waals surface area contributed by atoms with Gasteiger partial charge in [-0.15, -0.1) is 0 Å². The quantitative estimate of drug-likeness (QED) is 0.792. The second kappa shape index (κ2) is 7.30. The van der Waals surface area contributed by atoms with Gasteiger partial charge >= 0.3 is 0 Å². The molecular formula is C18H26N2O. The minimum atomic E-state index is 0.169. The van der Waals surface area contributed by atoms with E-state index in [1.807, 2.05) is 6.07 Å². The second-order valence-corrected chi connectivity index (χ2v) is 5.95. The first kappa shape index (κ1) is 15.6. The van der Waals surface area contributed by atoms with Crippen LogP contribution >= 0.6 is 0 Å². The minimum Gasteiger partial charge on any atom is -0.361 e. The third-order valence-electron chi connectivity index (χ3n) is 4.41. The van der Waals surface area contributed by atoms with Gasteiger partial charge < -0.3 is 10.3 Å². The number of nitrogens with one attached hydrogen (secondary N) is 2. The standard InChI is InChI=1S/C18H26N2O/c1-4-13(2)14(3)20-18(21)11-7-8-15-12-19-17-10-6-5-9-16(15)17/h5-6,9-10,12-14,19H,4,7-8,11H2,1-3H3,(H,20,21). The van der Waals surface area contributed by atoms with Crippen LogP contribution in [0.25, 0.3) is 10.9 Å². The summed E-state index contributed by atoms with van der Waals surface area (Å²) in [7, 11) is 0. The molecule has 3 heteroatoms. The summed E-state index contributed by atoms with van der Waals surface area (Å²) in [5.41, 5.74) is 2.47. The zero-order valence-corrected chi connectivity index (χ0v) is 13.3. The van der Waals surface area contributed by atoms with Crippen LogP contribution in [0.1, 0.15) is 45.6 Å². The summed E-state index contributed by atoms with van der Waals surface area (Å²) in [6.45, 7) is 6.42. The van der Waals surface area contributed by atoms with Crippen molar-refractivity contribution in [3.05, 3.63) is 36.0 Å².